The van der Waals surface area contributed by atoms with Crippen molar-refractivity contribution in [2.75, 3.05) is 77.8 Å². The van der Waals surface area contributed by atoms with Crippen LogP contribution in [-0.4, -0.2) is 101 Å². The third kappa shape index (κ3) is 108. The summed E-state index contributed by atoms with van der Waals surface area (Å²) in [6.07, 6.45) is 9.56. The molecule has 0 amide bonds. The average Bonchev–Trinajstić information content (AvgIpc) is 2.97. The molecule has 0 bridgehead atoms. The number of alkyl halides is 2. The number of hydrogen-bond donors (Lipinski definition) is 2. The van der Waals surface area contributed by atoms with Gasteiger partial charge < -0.3 is 33.9 Å². The van der Waals surface area contributed by atoms with E-state index in [-0.39, 0.29) is 6.61 Å². The molecule has 0 saturated heterocycles. The molecule has 0 aliphatic rings. The Bertz CT molecular complexity index is 329. The summed E-state index contributed by atoms with van der Waals surface area (Å²) in [6.45, 7) is 18.7. The van der Waals surface area contributed by atoms with Crippen LogP contribution in [0, 0.1) is 0 Å². The molecule has 40 heavy (non-hydrogen) atoms. The molecular weight excluding hydrogens is 563 g/mol. The summed E-state index contributed by atoms with van der Waals surface area (Å²) in [5.41, 5.74) is 0. The molecule has 0 rings (SSSR count). The lowest BCUT2D eigenvalue weighted by molar-refractivity contribution is -0.130. The standard InChI is InChI=1S/C6H12O3.C5H11ClO.C5H12O2.C5H10O2.C4H9Cl.C4H10O/c1-2-3-8-4-5-9-6-7;2*1-2-4-7-5-3-6;1-2-3-4-7-5-6;2*1-2-3-4-5/h6H,2-5H2,1H3;2-5H2,1H3;6H,2-5H2,1H3;5H,2-4H2,1H3;2-4H2,1H3;5H,2-4H2,1H3. The fraction of sp³-hybridized carbons (Fsp3) is 0.931. The summed E-state index contributed by atoms with van der Waals surface area (Å²) in [5.74, 6) is 1.43. The second-order valence-corrected chi connectivity index (χ2v) is 8.41. The molecule has 0 atom stereocenters. The SMILES string of the molecule is CCCCCl.CCCCO.CCCCOC=O.CCCOCCCl.CCCOCCO.CCCOCCOC=O. The Kier molecular flexibility index (Phi) is 93.0. The topological polar surface area (TPSA) is 121 Å². The maximum atomic E-state index is 9.56. The van der Waals surface area contributed by atoms with E-state index < -0.39 is 0 Å². The van der Waals surface area contributed by atoms with Crippen LogP contribution in [0.15, 0.2) is 0 Å². The molecule has 0 spiro atoms. The summed E-state index contributed by atoms with van der Waals surface area (Å²) in [7, 11) is 0. The number of aliphatic hydroxyl groups is 2. The van der Waals surface area contributed by atoms with Crippen LogP contribution in [0.3, 0.4) is 0 Å². The first-order chi connectivity index (χ1) is 19.5. The van der Waals surface area contributed by atoms with E-state index in [0.717, 1.165) is 77.1 Å². The minimum absolute atomic E-state index is 0.139. The highest BCUT2D eigenvalue weighted by Crippen LogP contribution is 1.86. The summed E-state index contributed by atoms with van der Waals surface area (Å²) in [4.78, 5) is 19.0. The monoisotopic (exact) mass is 626 g/mol. The van der Waals surface area contributed by atoms with Crippen molar-refractivity contribution in [3.63, 3.8) is 0 Å². The second-order valence-electron chi connectivity index (χ2n) is 7.66. The highest BCUT2D eigenvalue weighted by molar-refractivity contribution is 6.18. The molecule has 0 aliphatic carbocycles. The Morgan fingerprint density at radius 2 is 0.925 bits per heavy atom. The lowest BCUT2D eigenvalue weighted by Crippen LogP contribution is -2.03. The quantitative estimate of drug-likeness (QED) is 0.0797. The molecule has 0 aromatic rings. The molecule has 0 aromatic carbocycles. The van der Waals surface area contributed by atoms with Crippen molar-refractivity contribution in [3.8, 4) is 0 Å². The summed E-state index contributed by atoms with van der Waals surface area (Å²) >= 11 is 10.6. The van der Waals surface area contributed by atoms with E-state index in [1.807, 2.05) is 20.8 Å². The first kappa shape index (κ1) is 52.0. The van der Waals surface area contributed by atoms with Gasteiger partial charge in [-0.3, -0.25) is 9.59 Å². The van der Waals surface area contributed by atoms with Crippen LogP contribution >= 0.6 is 23.2 Å². The van der Waals surface area contributed by atoms with Gasteiger partial charge in [-0.2, -0.15) is 0 Å². The molecule has 0 unspecified atom stereocenters. The maximum absolute atomic E-state index is 9.56. The molecule has 11 heteroatoms. The number of aliphatic hydroxyl groups excluding tert-OH is 2. The second kappa shape index (κ2) is 71.5. The number of carbonyl (C=O) groups excluding carboxylic acids is 2. The van der Waals surface area contributed by atoms with Crippen LogP contribution < -0.4 is 0 Å². The Labute approximate surface area is 256 Å². The van der Waals surface area contributed by atoms with Crippen molar-refractivity contribution in [1.82, 2.24) is 0 Å². The van der Waals surface area contributed by atoms with E-state index >= 15 is 0 Å². The van der Waals surface area contributed by atoms with Gasteiger partial charge in [-0.25, -0.2) is 0 Å². The van der Waals surface area contributed by atoms with Gasteiger partial charge in [0.25, 0.3) is 12.9 Å². The van der Waals surface area contributed by atoms with Crippen molar-refractivity contribution < 1.29 is 43.5 Å². The van der Waals surface area contributed by atoms with Gasteiger partial charge in [0.15, 0.2) is 0 Å². The third-order valence-corrected chi connectivity index (χ3v) is 4.02. The van der Waals surface area contributed by atoms with E-state index in [9.17, 15) is 9.59 Å². The van der Waals surface area contributed by atoms with E-state index in [1.54, 1.807) is 0 Å². The van der Waals surface area contributed by atoms with Gasteiger partial charge in [0, 0.05) is 38.2 Å². The van der Waals surface area contributed by atoms with Crippen LogP contribution in [0.25, 0.3) is 0 Å². The predicted molar refractivity (Wildman–Crippen MR) is 168 cm³/mol. The highest BCUT2D eigenvalue weighted by atomic mass is 35.5. The van der Waals surface area contributed by atoms with Gasteiger partial charge in [0.2, 0.25) is 0 Å². The van der Waals surface area contributed by atoms with Gasteiger partial charge >= 0.3 is 0 Å². The minimum Gasteiger partial charge on any atom is -0.468 e. The van der Waals surface area contributed by atoms with Crippen LogP contribution in [0.5, 0.6) is 0 Å². The zero-order chi connectivity index (χ0) is 31.8. The summed E-state index contributed by atoms with van der Waals surface area (Å²) in [6, 6.07) is 0. The molecule has 2 N–H and O–H groups in total. The van der Waals surface area contributed by atoms with Crippen LogP contribution in [-0.2, 0) is 33.3 Å². The Balaban J connectivity index is -0.0000000877. The Morgan fingerprint density at radius 3 is 1.23 bits per heavy atom. The number of carbonyl (C=O) groups is 2. The zero-order valence-corrected chi connectivity index (χ0v) is 28.0. The fourth-order valence-corrected chi connectivity index (χ4v) is 1.96. The van der Waals surface area contributed by atoms with E-state index in [2.05, 4.69) is 30.2 Å². The van der Waals surface area contributed by atoms with Crippen molar-refractivity contribution >= 4 is 36.1 Å². The van der Waals surface area contributed by atoms with Crippen LogP contribution in [0.2, 0.25) is 0 Å². The molecule has 0 aromatic heterocycles. The normalized spacial score (nSPS) is 8.85. The van der Waals surface area contributed by atoms with E-state index in [4.69, 9.17) is 47.6 Å². The van der Waals surface area contributed by atoms with Crippen LogP contribution in [0.1, 0.15) is 99.3 Å². The number of hydrogen-bond acceptors (Lipinski definition) is 9. The molecular formula is C29H64Cl2O9. The van der Waals surface area contributed by atoms with E-state index in [1.165, 1.54) is 6.42 Å². The van der Waals surface area contributed by atoms with Gasteiger partial charge in [-0.1, -0.05) is 60.8 Å². The Morgan fingerprint density at radius 1 is 0.475 bits per heavy atom. The van der Waals surface area contributed by atoms with Gasteiger partial charge in [0.05, 0.1) is 33.0 Å². The summed E-state index contributed by atoms with van der Waals surface area (Å²) < 4.78 is 23.7. The predicted octanol–water partition coefficient (Wildman–Crippen LogP) is 6.41. The smallest absolute Gasteiger partial charge is 0.293 e. The first-order valence-corrected chi connectivity index (χ1v) is 15.7. The number of rotatable bonds is 22. The zero-order valence-electron chi connectivity index (χ0n) is 26.5. The molecule has 0 radical (unpaired) electrons. The molecule has 0 heterocycles. The van der Waals surface area contributed by atoms with Crippen LogP contribution in [0.4, 0.5) is 0 Å². The lowest BCUT2D eigenvalue weighted by atomic mass is 10.4. The number of ether oxygens (including phenoxy) is 5. The fourth-order valence-electron chi connectivity index (χ4n) is 1.58. The minimum atomic E-state index is 0.139. The van der Waals surface area contributed by atoms with Gasteiger partial charge in [-0.05, 0) is 38.5 Å². The highest BCUT2D eigenvalue weighted by Gasteiger charge is 1.84. The first-order valence-electron chi connectivity index (χ1n) is 14.7. The molecule has 0 aliphatic heterocycles. The lowest BCUT2D eigenvalue weighted by Gasteiger charge is -1.98. The average molecular weight is 628 g/mol. The Hall–Kier alpha value is -0.680. The molecule has 9 nitrogen and oxygen atoms in total. The number of halogens is 2. The van der Waals surface area contributed by atoms with Gasteiger partial charge in [-0.15, -0.1) is 23.2 Å². The maximum Gasteiger partial charge on any atom is 0.293 e. The third-order valence-electron chi connectivity index (χ3n) is 3.60. The van der Waals surface area contributed by atoms with Gasteiger partial charge in [0.1, 0.15) is 6.61 Å². The van der Waals surface area contributed by atoms with Crippen molar-refractivity contribution in [2.24, 2.45) is 0 Å². The molecule has 0 saturated carbocycles. The van der Waals surface area contributed by atoms with Crippen molar-refractivity contribution in [1.29, 1.82) is 0 Å². The summed E-state index contributed by atoms with van der Waals surface area (Å²) in [5, 5.41) is 16.2. The van der Waals surface area contributed by atoms with E-state index in [0.29, 0.717) is 58.5 Å². The number of unbranched alkanes of at least 4 members (excludes halogenated alkanes) is 3. The van der Waals surface area contributed by atoms with Crippen molar-refractivity contribution in [2.45, 2.75) is 99.3 Å². The largest absolute Gasteiger partial charge is 0.468 e. The van der Waals surface area contributed by atoms with Crippen molar-refractivity contribution in [3.05, 3.63) is 0 Å². The molecule has 248 valence electrons. The molecule has 0 fully saturated rings.